The highest BCUT2D eigenvalue weighted by molar-refractivity contribution is 6.00. The molecule has 5 heteroatoms. The number of carboxylic acid groups (broad SMARTS) is 1. The molecule has 2 heterocycles. The Morgan fingerprint density at radius 2 is 1.97 bits per heavy atom. The normalized spacial score (nSPS) is 15.0. The summed E-state index contributed by atoms with van der Waals surface area (Å²) in [5.74, 6) is -0.336. The number of aromatic nitrogens is 1. The maximum Gasteiger partial charge on any atom is 0.138 e. The second-order valence-corrected chi connectivity index (χ2v) is 8.54. The molecule has 0 aliphatic carbocycles. The van der Waals surface area contributed by atoms with Gasteiger partial charge >= 0.3 is 0 Å². The lowest BCUT2D eigenvalue weighted by Gasteiger charge is -2.30. The molecule has 1 aliphatic rings. The highest BCUT2D eigenvalue weighted by Crippen LogP contribution is 2.41. The third-order valence-electron chi connectivity index (χ3n) is 5.28. The summed E-state index contributed by atoms with van der Waals surface area (Å²) < 4.78 is 13.6. The van der Waals surface area contributed by atoms with Crippen molar-refractivity contribution in [3.63, 3.8) is 0 Å². The van der Waals surface area contributed by atoms with E-state index in [0.717, 1.165) is 52.8 Å². The van der Waals surface area contributed by atoms with Gasteiger partial charge in [0.2, 0.25) is 0 Å². The van der Waals surface area contributed by atoms with Crippen molar-refractivity contribution in [3.05, 3.63) is 53.7 Å². The zero-order chi connectivity index (χ0) is 20.8. The Labute approximate surface area is 170 Å². The molecule has 0 N–H and O–H groups in total. The van der Waals surface area contributed by atoms with Gasteiger partial charge in [0.05, 0.1) is 23.9 Å². The van der Waals surface area contributed by atoms with Crippen molar-refractivity contribution in [2.45, 2.75) is 45.3 Å². The minimum absolute atomic E-state index is 0.595. The van der Waals surface area contributed by atoms with Crippen molar-refractivity contribution in [2.24, 2.45) is 7.05 Å². The van der Waals surface area contributed by atoms with Gasteiger partial charge in [-0.3, -0.25) is 0 Å². The minimum Gasteiger partial charge on any atom is -0.547 e. The summed E-state index contributed by atoms with van der Waals surface area (Å²) in [6, 6.07) is 14.0. The van der Waals surface area contributed by atoms with Crippen molar-refractivity contribution in [1.82, 2.24) is 4.57 Å². The smallest absolute Gasteiger partial charge is 0.138 e. The standard InChI is InChI=1S/C24H27NO4/c1-24(2,3)29-22(23(26)27)21-20(17-9-5-6-10-18(17)25(21)4)16-11-12-19-15(14-16)8-7-13-28-19/h5-6,9-12,14,22H,7-8,13H2,1-4H3,(H,26,27)/p-1. The number of aryl methyl sites for hydroxylation is 2. The second-order valence-electron chi connectivity index (χ2n) is 8.54. The van der Waals surface area contributed by atoms with Crippen LogP contribution < -0.4 is 9.84 Å². The van der Waals surface area contributed by atoms with Gasteiger partial charge in [0.15, 0.2) is 0 Å². The molecule has 3 aromatic rings. The predicted molar refractivity (Wildman–Crippen MR) is 111 cm³/mol. The van der Waals surface area contributed by atoms with Gasteiger partial charge < -0.3 is 23.9 Å². The molecule has 1 atom stereocenters. The molecule has 1 aromatic heterocycles. The zero-order valence-corrected chi connectivity index (χ0v) is 17.3. The van der Waals surface area contributed by atoms with Crippen LogP contribution in [-0.2, 0) is 23.0 Å². The Bertz CT molecular complexity index is 1070. The maximum absolute atomic E-state index is 12.2. The van der Waals surface area contributed by atoms with Gasteiger partial charge in [-0.15, -0.1) is 0 Å². The zero-order valence-electron chi connectivity index (χ0n) is 17.3. The van der Waals surface area contributed by atoms with Gasteiger partial charge in [-0.05, 0) is 62.9 Å². The summed E-state index contributed by atoms with van der Waals surface area (Å²) in [7, 11) is 1.88. The molecule has 1 aliphatic heterocycles. The molecule has 0 spiro atoms. The first kappa shape index (κ1) is 19.5. The molecule has 0 fully saturated rings. The highest BCUT2D eigenvalue weighted by Gasteiger charge is 2.29. The molecule has 0 bridgehead atoms. The largest absolute Gasteiger partial charge is 0.547 e. The van der Waals surface area contributed by atoms with Crippen LogP contribution in [0.15, 0.2) is 42.5 Å². The van der Waals surface area contributed by atoms with Gasteiger partial charge in [-0.1, -0.05) is 24.3 Å². The molecule has 0 saturated heterocycles. The Morgan fingerprint density at radius 3 is 2.69 bits per heavy atom. The fraction of sp³-hybridized carbons (Fsp3) is 0.375. The Balaban J connectivity index is 1.98. The first-order valence-corrected chi connectivity index (χ1v) is 9.98. The number of fused-ring (bicyclic) bond motifs is 2. The van der Waals surface area contributed by atoms with E-state index in [0.29, 0.717) is 5.69 Å². The van der Waals surface area contributed by atoms with E-state index in [1.165, 1.54) is 0 Å². The number of carbonyl (C=O) groups is 1. The maximum atomic E-state index is 12.2. The van der Waals surface area contributed by atoms with Crippen LogP contribution in [0.25, 0.3) is 22.0 Å². The summed E-state index contributed by atoms with van der Waals surface area (Å²) in [6.45, 7) is 6.28. The van der Waals surface area contributed by atoms with E-state index in [9.17, 15) is 9.90 Å². The van der Waals surface area contributed by atoms with E-state index in [2.05, 4.69) is 6.07 Å². The molecule has 152 valence electrons. The SMILES string of the molecule is Cn1c(C(OC(C)(C)C)C(=O)[O-])c(-c2ccc3c(c2)CCCO3)c2ccccc21. The quantitative estimate of drug-likeness (QED) is 0.678. The lowest BCUT2D eigenvalue weighted by Crippen LogP contribution is -2.37. The first-order chi connectivity index (χ1) is 13.8. The number of nitrogens with zero attached hydrogens (tertiary/aromatic N) is 1. The third-order valence-corrected chi connectivity index (χ3v) is 5.28. The van der Waals surface area contributed by atoms with Crippen LogP contribution in [0.4, 0.5) is 0 Å². The average Bonchev–Trinajstić information content (AvgIpc) is 2.97. The summed E-state index contributed by atoms with van der Waals surface area (Å²) in [5, 5.41) is 13.1. The van der Waals surface area contributed by atoms with Crippen LogP contribution in [0.3, 0.4) is 0 Å². The molecule has 0 radical (unpaired) electrons. The average molecular weight is 392 g/mol. The fourth-order valence-electron chi connectivity index (χ4n) is 4.11. The van der Waals surface area contributed by atoms with Crippen molar-refractivity contribution in [3.8, 4) is 16.9 Å². The highest BCUT2D eigenvalue weighted by atomic mass is 16.5. The van der Waals surface area contributed by atoms with Crippen molar-refractivity contribution < 1.29 is 19.4 Å². The predicted octanol–water partition coefficient (Wildman–Crippen LogP) is 3.78. The lowest BCUT2D eigenvalue weighted by atomic mass is 9.95. The van der Waals surface area contributed by atoms with Gasteiger partial charge in [0, 0.05) is 23.5 Å². The molecule has 5 nitrogen and oxygen atoms in total. The number of carbonyl (C=O) groups excluding carboxylic acids is 1. The van der Waals surface area contributed by atoms with E-state index in [1.54, 1.807) is 0 Å². The summed E-state index contributed by atoms with van der Waals surface area (Å²) in [4.78, 5) is 12.2. The number of para-hydroxylation sites is 1. The number of benzene rings is 2. The van der Waals surface area contributed by atoms with E-state index in [-0.39, 0.29) is 0 Å². The Kier molecular flexibility index (Phi) is 4.87. The molecule has 1 unspecified atom stereocenters. The van der Waals surface area contributed by atoms with E-state index < -0.39 is 17.7 Å². The molecule has 29 heavy (non-hydrogen) atoms. The number of ether oxygens (including phenoxy) is 2. The lowest BCUT2D eigenvalue weighted by molar-refractivity contribution is -0.321. The summed E-state index contributed by atoms with van der Waals surface area (Å²) in [6.07, 6.45) is 0.744. The number of aliphatic carboxylic acids is 1. The van der Waals surface area contributed by atoms with Crippen molar-refractivity contribution in [2.75, 3.05) is 6.61 Å². The molecule has 0 saturated carbocycles. The topological polar surface area (TPSA) is 63.5 Å². The van der Waals surface area contributed by atoms with Crippen LogP contribution in [0.1, 0.15) is 44.6 Å². The van der Waals surface area contributed by atoms with Crippen molar-refractivity contribution in [1.29, 1.82) is 0 Å². The van der Waals surface area contributed by atoms with Crippen molar-refractivity contribution >= 4 is 16.9 Å². The number of carboxylic acids is 1. The molecule has 2 aromatic carbocycles. The first-order valence-electron chi connectivity index (χ1n) is 9.98. The second kappa shape index (κ2) is 7.23. The molecule has 4 rings (SSSR count). The molecular formula is C24H26NO4-. The monoisotopic (exact) mass is 392 g/mol. The van der Waals surface area contributed by atoms with Gasteiger partial charge in [-0.2, -0.15) is 0 Å². The Hall–Kier alpha value is -2.79. The van der Waals surface area contributed by atoms with Crippen LogP contribution >= 0.6 is 0 Å². The van der Waals surface area contributed by atoms with Crippen LogP contribution in [-0.4, -0.2) is 22.7 Å². The summed E-state index contributed by atoms with van der Waals surface area (Å²) in [5.41, 5.74) is 3.89. The minimum atomic E-state index is -1.24. The third kappa shape index (κ3) is 3.62. The number of hydrogen-bond acceptors (Lipinski definition) is 4. The van der Waals surface area contributed by atoms with Gasteiger partial charge in [-0.25, -0.2) is 0 Å². The fourth-order valence-corrected chi connectivity index (χ4v) is 4.11. The van der Waals surface area contributed by atoms with E-state index in [1.807, 2.05) is 68.8 Å². The van der Waals surface area contributed by atoms with Crippen LogP contribution in [0.2, 0.25) is 0 Å². The van der Waals surface area contributed by atoms with E-state index >= 15 is 0 Å². The summed E-state index contributed by atoms with van der Waals surface area (Å²) >= 11 is 0. The van der Waals surface area contributed by atoms with Gasteiger partial charge in [0.25, 0.3) is 0 Å². The molecular weight excluding hydrogens is 366 g/mol. The number of hydrogen-bond donors (Lipinski definition) is 0. The molecule has 0 amide bonds. The van der Waals surface area contributed by atoms with Crippen LogP contribution in [0.5, 0.6) is 5.75 Å². The number of rotatable bonds is 4. The van der Waals surface area contributed by atoms with E-state index in [4.69, 9.17) is 9.47 Å². The van der Waals surface area contributed by atoms with Gasteiger partial charge in [0.1, 0.15) is 11.9 Å². The Morgan fingerprint density at radius 1 is 1.21 bits per heavy atom. The van der Waals surface area contributed by atoms with Crippen LogP contribution in [0, 0.1) is 0 Å².